The first kappa shape index (κ1) is 24.2. The molecular weight excluding hydrogens is 440 g/mol. The van der Waals surface area contributed by atoms with E-state index in [1.54, 1.807) is 22.0 Å². The van der Waals surface area contributed by atoms with Crippen molar-refractivity contribution in [3.05, 3.63) is 96.1 Å². The molecule has 35 heavy (non-hydrogen) atoms. The van der Waals surface area contributed by atoms with Gasteiger partial charge in [0, 0.05) is 32.6 Å². The van der Waals surface area contributed by atoms with Gasteiger partial charge in [0.1, 0.15) is 6.04 Å². The van der Waals surface area contributed by atoms with Crippen LogP contribution in [0.25, 0.3) is 11.1 Å². The maximum Gasteiger partial charge on any atom is 0.254 e. The van der Waals surface area contributed by atoms with E-state index in [1.807, 2.05) is 86.9 Å². The van der Waals surface area contributed by atoms with Crippen molar-refractivity contribution < 1.29 is 14.7 Å². The first-order valence-electron chi connectivity index (χ1n) is 11.6. The van der Waals surface area contributed by atoms with Gasteiger partial charge in [-0.3, -0.25) is 9.59 Å². The molecule has 7 nitrogen and oxygen atoms in total. The number of nitrogens with zero attached hydrogens (tertiary/aromatic N) is 3. The van der Waals surface area contributed by atoms with E-state index in [2.05, 4.69) is 10.4 Å². The summed E-state index contributed by atoms with van der Waals surface area (Å²) < 4.78 is 0. The Morgan fingerprint density at radius 1 is 0.971 bits per heavy atom. The van der Waals surface area contributed by atoms with Crippen LogP contribution >= 0.6 is 0 Å². The molecule has 1 heterocycles. The van der Waals surface area contributed by atoms with Gasteiger partial charge in [-0.1, -0.05) is 72.8 Å². The van der Waals surface area contributed by atoms with Crippen LogP contribution in [-0.4, -0.2) is 65.8 Å². The molecule has 2 atom stereocenters. The highest BCUT2D eigenvalue weighted by molar-refractivity contribution is 6.05. The molecular formula is C28H30N4O3. The number of likely N-dealkylation sites (tertiary alicyclic amines) is 1. The fourth-order valence-electron chi connectivity index (χ4n) is 4.22. The van der Waals surface area contributed by atoms with Gasteiger partial charge in [0.2, 0.25) is 5.91 Å². The van der Waals surface area contributed by atoms with Crippen molar-refractivity contribution in [3.8, 4) is 11.1 Å². The molecule has 1 fully saturated rings. The predicted octanol–water partition coefficient (Wildman–Crippen LogP) is 3.34. The lowest BCUT2D eigenvalue weighted by Gasteiger charge is -2.24. The molecule has 0 spiro atoms. The Kier molecular flexibility index (Phi) is 7.57. The highest BCUT2D eigenvalue weighted by Gasteiger charge is 2.38. The van der Waals surface area contributed by atoms with Crippen molar-refractivity contribution in [1.29, 1.82) is 0 Å². The number of aliphatic hydroxyl groups is 1. The standard InChI is InChI=1S/C28H30N4O3/c1-31(2)30-24-17-25(27(34)29-18-26(33)22-11-7-4-8-12-22)32(19-24)28(35)23-15-13-21(14-16-23)20-9-5-3-6-10-20/h3-16,25-26,33H,17-19H2,1-2H3,(H,29,34)/b30-24-/t25-,26-/m0/s1. The van der Waals surface area contributed by atoms with Crippen molar-refractivity contribution in [2.24, 2.45) is 5.10 Å². The minimum absolute atomic E-state index is 0.0628. The van der Waals surface area contributed by atoms with Crippen LogP contribution in [0.4, 0.5) is 0 Å². The quantitative estimate of drug-likeness (QED) is 0.519. The number of hydrazone groups is 1. The molecule has 1 saturated heterocycles. The van der Waals surface area contributed by atoms with Crippen LogP contribution in [0.3, 0.4) is 0 Å². The molecule has 0 unspecified atom stereocenters. The predicted molar refractivity (Wildman–Crippen MR) is 137 cm³/mol. The molecule has 0 saturated carbocycles. The molecule has 3 aromatic rings. The summed E-state index contributed by atoms with van der Waals surface area (Å²) in [4.78, 5) is 28.1. The van der Waals surface area contributed by atoms with Gasteiger partial charge in [-0.05, 0) is 28.8 Å². The van der Waals surface area contributed by atoms with E-state index in [-0.39, 0.29) is 24.9 Å². The number of amides is 2. The fraction of sp³-hybridized carbons (Fsp3) is 0.250. The van der Waals surface area contributed by atoms with Crippen LogP contribution < -0.4 is 5.32 Å². The van der Waals surface area contributed by atoms with Crippen LogP contribution in [0, 0.1) is 0 Å². The van der Waals surface area contributed by atoms with Crippen LogP contribution in [0.15, 0.2) is 90.0 Å². The lowest BCUT2D eigenvalue weighted by molar-refractivity contribution is -0.125. The summed E-state index contributed by atoms with van der Waals surface area (Å²) in [5.74, 6) is -0.532. The Hall–Kier alpha value is -3.97. The number of rotatable bonds is 7. The van der Waals surface area contributed by atoms with Gasteiger partial charge < -0.3 is 20.3 Å². The Morgan fingerprint density at radius 3 is 2.20 bits per heavy atom. The highest BCUT2D eigenvalue weighted by atomic mass is 16.3. The van der Waals surface area contributed by atoms with Gasteiger partial charge in [-0.25, -0.2) is 0 Å². The molecule has 0 aliphatic carbocycles. The number of benzene rings is 3. The molecule has 1 aliphatic rings. The van der Waals surface area contributed by atoms with Gasteiger partial charge in [-0.2, -0.15) is 5.10 Å². The summed E-state index contributed by atoms with van der Waals surface area (Å²) in [6.07, 6.45) is -0.481. The Labute approximate surface area is 205 Å². The Balaban J connectivity index is 1.49. The molecule has 0 radical (unpaired) electrons. The van der Waals surface area contributed by atoms with Crippen LogP contribution in [0.1, 0.15) is 28.4 Å². The topological polar surface area (TPSA) is 85.2 Å². The molecule has 180 valence electrons. The van der Waals surface area contributed by atoms with E-state index in [4.69, 9.17) is 0 Å². The number of hydrogen-bond donors (Lipinski definition) is 2. The summed E-state index contributed by atoms with van der Waals surface area (Å²) in [5, 5.41) is 19.4. The van der Waals surface area contributed by atoms with Crippen molar-refractivity contribution in [2.45, 2.75) is 18.6 Å². The lowest BCUT2D eigenvalue weighted by Crippen LogP contribution is -2.46. The minimum atomic E-state index is -0.828. The van der Waals surface area contributed by atoms with Gasteiger partial charge in [0.15, 0.2) is 0 Å². The number of hydrogen-bond acceptors (Lipinski definition) is 5. The largest absolute Gasteiger partial charge is 0.387 e. The lowest BCUT2D eigenvalue weighted by atomic mass is 10.0. The fourth-order valence-corrected chi connectivity index (χ4v) is 4.22. The first-order valence-corrected chi connectivity index (χ1v) is 11.6. The second kappa shape index (κ2) is 11.0. The molecule has 2 N–H and O–H groups in total. The monoisotopic (exact) mass is 470 g/mol. The average molecular weight is 471 g/mol. The molecule has 1 aliphatic heterocycles. The summed E-state index contributed by atoms with van der Waals surface area (Å²) in [6, 6.07) is 25.8. The summed E-state index contributed by atoms with van der Waals surface area (Å²) >= 11 is 0. The van der Waals surface area contributed by atoms with E-state index in [9.17, 15) is 14.7 Å². The molecule has 3 aromatic carbocycles. The number of nitrogens with one attached hydrogen (secondary N) is 1. The van der Waals surface area contributed by atoms with Crippen molar-refractivity contribution in [1.82, 2.24) is 15.2 Å². The second-order valence-corrected chi connectivity index (χ2v) is 8.78. The smallest absolute Gasteiger partial charge is 0.254 e. The van der Waals surface area contributed by atoms with Crippen molar-refractivity contribution in [3.63, 3.8) is 0 Å². The zero-order chi connectivity index (χ0) is 24.8. The summed E-state index contributed by atoms with van der Waals surface area (Å²) in [6.45, 7) is 0.337. The summed E-state index contributed by atoms with van der Waals surface area (Å²) in [5.41, 5.74) is 4.08. The van der Waals surface area contributed by atoms with E-state index < -0.39 is 12.1 Å². The average Bonchev–Trinajstić information content (AvgIpc) is 3.31. The van der Waals surface area contributed by atoms with Crippen LogP contribution in [0.2, 0.25) is 0 Å². The molecule has 4 rings (SSSR count). The summed E-state index contributed by atoms with van der Waals surface area (Å²) in [7, 11) is 3.62. The van der Waals surface area contributed by atoms with Crippen LogP contribution in [-0.2, 0) is 4.79 Å². The number of aliphatic hydroxyl groups excluding tert-OH is 1. The third kappa shape index (κ3) is 5.94. The zero-order valence-electron chi connectivity index (χ0n) is 20.0. The maximum absolute atomic E-state index is 13.4. The van der Waals surface area contributed by atoms with E-state index >= 15 is 0 Å². The minimum Gasteiger partial charge on any atom is -0.387 e. The van der Waals surface area contributed by atoms with Crippen molar-refractivity contribution >= 4 is 17.5 Å². The first-order chi connectivity index (χ1) is 16.9. The number of carbonyl (C=O) groups excluding carboxylic acids is 2. The zero-order valence-corrected chi connectivity index (χ0v) is 20.0. The molecule has 7 heteroatoms. The van der Waals surface area contributed by atoms with Gasteiger partial charge in [0.25, 0.3) is 5.91 Å². The van der Waals surface area contributed by atoms with Gasteiger partial charge in [0.05, 0.1) is 18.4 Å². The Morgan fingerprint density at radius 2 is 1.57 bits per heavy atom. The van der Waals surface area contributed by atoms with Crippen molar-refractivity contribution in [2.75, 3.05) is 27.2 Å². The van der Waals surface area contributed by atoms with E-state index in [0.29, 0.717) is 12.0 Å². The van der Waals surface area contributed by atoms with E-state index in [1.165, 1.54) is 0 Å². The molecule has 0 bridgehead atoms. The number of carbonyl (C=O) groups is 2. The molecule has 0 aromatic heterocycles. The molecule has 2 amide bonds. The maximum atomic E-state index is 13.4. The van der Waals surface area contributed by atoms with E-state index in [0.717, 1.165) is 22.4 Å². The SMILES string of the molecule is CN(C)/N=C1/C[C@@H](C(=O)NC[C@H](O)c2ccccc2)N(C(=O)c2ccc(-c3ccccc3)cc2)C1. The van der Waals surface area contributed by atoms with Gasteiger partial charge in [-0.15, -0.1) is 0 Å². The second-order valence-electron chi connectivity index (χ2n) is 8.78. The third-order valence-corrected chi connectivity index (χ3v) is 5.96. The highest BCUT2D eigenvalue weighted by Crippen LogP contribution is 2.23. The third-order valence-electron chi connectivity index (χ3n) is 5.96. The normalized spacial score (nSPS) is 17.3. The van der Waals surface area contributed by atoms with Gasteiger partial charge >= 0.3 is 0 Å². The Bertz CT molecular complexity index is 1180. The van der Waals surface area contributed by atoms with Crippen LogP contribution in [0.5, 0.6) is 0 Å².